The molecule has 0 spiro atoms. The van der Waals surface area contributed by atoms with Crippen molar-refractivity contribution in [3.05, 3.63) is 75.6 Å². The molecule has 134 valence electrons. The quantitative estimate of drug-likeness (QED) is 0.744. The van der Waals surface area contributed by atoms with Gasteiger partial charge in [-0.3, -0.25) is 4.79 Å². The van der Waals surface area contributed by atoms with Gasteiger partial charge in [-0.1, -0.05) is 24.3 Å². The van der Waals surface area contributed by atoms with Gasteiger partial charge in [-0.2, -0.15) is 13.2 Å². The van der Waals surface area contributed by atoms with Crippen LogP contribution in [0.4, 0.5) is 18.9 Å². The second-order valence-electron chi connectivity index (χ2n) is 6.52. The van der Waals surface area contributed by atoms with E-state index < -0.39 is 11.7 Å². The highest BCUT2D eigenvalue weighted by molar-refractivity contribution is 5.83. The van der Waals surface area contributed by atoms with E-state index in [1.165, 1.54) is 11.6 Å². The Kier molecular flexibility index (Phi) is 3.98. The molecule has 1 aliphatic heterocycles. The third-order valence-electron chi connectivity index (χ3n) is 4.77. The first-order valence-electron chi connectivity index (χ1n) is 8.49. The number of hydrogen-bond acceptors (Lipinski definition) is 2. The van der Waals surface area contributed by atoms with Gasteiger partial charge in [0.05, 0.1) is 11.1 Å². The number of alkyl halides is 3. The first-order valence-corrected chi connectivity index (χ1v) is 8.49. The van der Waals surface area contributed by atoms with Gasteiger partial charge < -0.3 is 9.88 Å². The van der Waals surface area contributed by atoms with Crippen molar-refractivity contribution >= 4 is 16.6 Å². The molecule has 1 aromatic heterocycles. The van der Waals surface area contributed by atoms with E-state index in [9.17, 15) is 18.0 Å². The second-order valence-corrected chi connectivity index (χ2v) is 6.52. The summed E-state index contributed by atoms with van der Waals surface area (Å²) in [6.45, 7) is 0.851. The molecule has 0 saturated heterocycles. The van der Waals surface area contributed by atoms with Crippen LogP contribution in [0.25, 0.3) is 10.9 Å². The van der Waals surface area contributed by atoms with E-state index in [0.29, 0.717) is 17.8 Å². The number of halogens is 3. The highest BCUT2D eigenvalue weighted by atomic mass is 19.4. The van der Waals surface area contributed by atoms with Crippen molar-refractivity contribution in [1.29, 1.82) is 0 Å². The Morgan fingerprint density at radius 1 is 1.08 bits per heavy atom. The number of rotatable bonds is 3. The number of nitrogens with one attached hydrogen (secondary N) is 1. The second kappa shape index (κ2) is 6.20. The summed E-state index contributed by atoms with van der Waals surface area (Å²) in [5.74, 6) is 0. The minimum absolute atomic E-state index is 0.0795. The molecule has 3 aromatic rings. The predicted molar refractivity (Wildman–Crippen MR) is 95.3 cm³/mol. The molecule has 0 fully saturated rings. The van der Waals surface area contributed by atoms with Crippen molar-refractivity contribution in [2.75, 3.05) is 5.32 Å². The topological polar surface area (TPSA) is 34.0 Å². The largest absolute Gasteiger partial charge is 0.416 e. The number of nitrogens with zero attached hydrogens (tertiary/aromatic N) is 1. The molecule has 0 saturated carbocycles. The Morgan fingerprint density at radius 3 is 2.69 bits per heavy atom. The van der Waals surface area contributed by atoms with Crippen molar-refractivity contribution in [1.82, 2.24) is 4.57 Å². The summed E-state index contributed by atoms with van der Waals surface area (Å²) in [5, 5.41) is 3.94. The molecule has 0 radical (unpaired) electrons. The van der Waals surface area contributed by atoms with Gasteiger partial charge in [0.2, 0.25) is 0 Å². The molecule has 0 amide bonds. The summed E-state index contributed by atoms with van der Waals surface area (Å²) in [5.41, 5.74) is 2.25. The summed E-state index contributed by atoms with van der Waals surface area (Å²) in [6, 6.07) is 12.8. The molecule has 3 nitrogen and oxygen atoms in total. The molecule has 2 aromatic carbocycles. The maximum Gasteiger partial charge on any atom is 0.416 e. The smallest absolute Gasteiger partial charge is 0.381 e. The van der Waals surface area contributed by atoms with Crippen molar-refractivity contribution in [3.63, 3.8) is 0 Å². The third kappa shape index (κ3) is 2.96. The van der Waals surface area contributed by atoms with E-state index in [0.717, 1.165) is 35.9 Å². The van der Waals surface area contributed by atoms with E-state index in [-0.39, 0.29) is 12.1 Å². The molecule has 0 bridgehead atoms. The van der Waals surface area contributed by atoms with Crippen LogP contribution in [0, 0.1) is 0 Å². The van der Waals surface area contributed by atoms with Crippen LogP contribution >= 0.6 is 0 Å². The van der Waals surface area contributed by atoms with E-state index in [2.05, 4.69) is 5.32 Å². The monoisotopic (exact) mass is 358 g/mol. The minimum atomic E-state index is -4.39. The van der Waals surface area contributed by atoms with Gasteiger partial charge in [-0.25, -0.2) is 0 Å². The predicted octanol–water partition coefficient (Wildman–Crippen LogP) is 4.58. The maximum atomic E-state index is 12.8. The first-order chi connectivity index (χ1) is 12.4. The molecule has 2 heterocycles. The van der Waals surface area contributed by atoms with Gasteiger partial charge in [0.1, 0.15) is 0 Å². The van der Waals surface area contributed by atoms with Gasteiger partial charge in [0.25, 0.3) is 5.56 Å². The fraction of sp³-hybridized carbons (Fsp3) is 0.250. The zero-order chi connectivity index (χ0) is 18.3. The fourth-order valence-corrected chi connectivity index (χ4v) is 3.55. The summed E-state index contributed by atoms with van der Waals surface area (Å²) in [6.07, 6.45) is -2.52. The van der Waals surface area contributed by atoms with Crippen LogP contribution in [-0.4, -0.2) is 4.57 Å². The van der Waals surface area contributed by atoms with Crippen LogP contribution in [-0.2, 0) is 25.7 Å². The van der Waals surface area contributed by atoms with Crippen molar-refractivity contribution < 1.29 is 13.2 Å². The lowest BCUT2D eigenvalue weighted by Gasteiger charge is -2.20. The van der Waals surface area contributed by atoms with Gasteiger partial charge >= 0.3 is 6.18 Å². The lowest BCUT2D eigenvalue weighted by molar-refractivity contribution is -0.137. The van der Waals surface area contributed by atoms with Gasteiger partial charge in [0.15, 0.2) is 0 Å². The standard InChI is InChI=1S/C20H17F3N2O/c21-20(22,23)16-7-2-8-17(11-16)24-12-15-10-14-5-1-4-13-6-3-9-25(18(13)14)19(15)26/h1-2,4-5,7-8,10-11,24H,3,6,9,12H2. The number of pyridine rings is 1. The van der Waals surface area contributed by atoms with Gasteiger partial charge in [-0.05, 0) is 48.1 Å². The summed E-state index contributed by atoms with van der Waals surface area (Å²) in [7, 11) is 0. The van der Waals surface area contributed by atoms with E-state index >= 15 is 0 Å². The van der Waals surface area contributed by atoms with Crippen LogP contribution in [0.5, 0.6) is 0 Å². The van der Waals surface area contributed by atoms with Crippen molar-refractivity contribution in [2.45, 2.75) is 32.1 Å². The zero-order valence-corrected chi connectivity index (χ0v) is 13.9. The summed E-state index contributed by atoms with van der Waals surface area (Å²) >= 11 is 0. The van der Waals surface area contributed by atoms with Crippen LogP contribution < -0.4 is 10.9 Å². The Hall–Kier alpha value is -2.76. The molecule has 0 aliphatic carbocycles. The lowest BCUT2D eigenvalue weighted by Crippen LogP contribution is -2.28. The molecule has 0 atom stereocenters. The molecule has 26 heavy (non-hydrogen) atoms. The highest BCUT2D eigenvalue weighted by Crippen LogP contribution is 2.31. The number of benzene rings is 2. The number of hydrogen-bond donors (Lipinski definition) is 1. The number of para-hydroxylation sites is 1. The molecule has 4 rings (SSSR count). The lowest BCUT2D eigenvalue weighted by atomic mass is 10.00. The molecule has 1 aliphatic rings. The van der Waals surface area contributed by atoms with Crippen molar-refractivity contribution in [3.8, 4) is 0 Å². The van der Waals surface area contributed by atoms with Crippen LogP contribution in [0.1, 0.15) is 23.1 Å². The third-order valence-corrected chi connectivity index (χ3v) is 4.77. The van der Waals surface area contributed by atoms with Crippen LogP contribution in [0.3, 0.4) is 0 Å². The van der Waals surface area contributed by atoms with E-state index in [1.54, 1.807) is 10.6 Å². The average Bonchev–Trinajstić information content (AvgIpc) is 2.63. The molecule has 6 heteroatoms. The van der Waals surface area contributed by atoms with Crippen molar-refractivity contribution in [2.24, 2.45) is 0 Å². The SMILES string of the molecule is O=c1c(CNc2cccc(C(F)(F)F)c2)cc2cccc3c2n1CCC3. The average molecular weight is 358 g/mol. The Balaban J connectivity index is 1.67. The maximum absolute atomic E-state index is 12.8. The number of aromatic nitrogens is 1. The van der Waals surface area contributed by atoms with Gasteiger partial charge in [-0.15, -0.1) is 0 Å². The van der Waals surface area contributed by atoms with E-state index in [1.807, 2.05) is 24.3 Å². The van der Waals surface area contributed by atoms with Crippen LogP contribution in [0.2, 0.25) is 0 Å². The Bertz CT molecular complexity index is 1040. The Labute approximate surface area is 148 Å². The molecule has 0 unspecified atom stereocenters. The molecular weight excluding hydrogens is 341 g/mol. The Morgan fingerprint density at radius 2 is 1.88 bits per heavy atom. The zero-order valence-electron chi connectivity index (χ0n) is 13.9. The number of aryl methyl sites for hydroxylation is 2. The van der Waals surface area contributed by atoms with E-state index in [4.69, 9.17) is 0 Å². The molecule has 1 N–H and O–H groups in total. The highest BCUT2D eigenvalue weighted by Gasteiger charge is 2.30. The first kappa shape index (κ1) is 16.7. The number of anilines is 1. The summed E-state index contributed by atoms with van der Waals surface area (Å²) in [4.78, 5) is 12.8. The van der Waals surface area contributed by atoms with Crippen LogP contribution in [0.15, 0.2) is 53.3 Å². The fourth-order valence-electron chi connectivity index (χ4n) is 3.55. The normalized spacial score (nSPS) is 13.8. The summed E-state index contributed by atoms with van der Waals surface area (Å²) < 4.78 is 40.3. The minimum Gasteiger partial charge on any atom is -0.381 e. The van der Waals surface area contributed by atoms with Gasteiger partial charge in [0, 0.05) is 24.3 Å². The molecular formula is C20H17F3N2O.